The van der Waals surface area contributed by atoms with Crippen molar-refractivity contribution >= 4 is 44.4 Å². The summed E-state index contributed by atoms with van der Waals surface area (Å²) in [5.41, 5.74) is -1.99. The maximum absolute atomic E-state index is 15.0. The molecule has 1 aromatic carbocycles. The third kappa shape index (κ3) is 8.92. The molecule has 13 heteroatoms. The Morgan fingerprint density at radius 2 is 1.85 bits per heavy atom. The van der Waals surface area contributed by atoms with Crippen LogP contribution in [0, 0.1) is 29.1 Å². The maximum Gasteiger partial charge on any atom is 0.307 e. The van der Waals surface area contributed by atoms with Gasteiger partial charge in [0.15, 0.2) is 5.78 Å². The van der Waals surface area contributed by atoms with Crippen LogP contribution in [0.3, 0.4) is 0 Å². The molecule has 1 N–H and O–H groups in total. The highest BCUT2D eigenvalue weighted by Crippen LogP contribution is 2.57. The van der Waals surface area contributed by atoms with Gasteiger partial charge in [0.1, 0.15) is 17.5 Å². The predicted molar refractivity (Wildman–Crippen MR) is 203 cm³/mol. The van der Waals surface area contributed by atoms with Gasteiger partial charge < -0.3 is 19.1 Å². The first kappa shape index (κ1) is 39.7. The third-order valence-corrected chi connectivity index (χ3v) is 13.3. The number of Topliss-reactive ketones (excluding diaryl/α,β-unsaturated/α-hetero) is 1. The number of pyridine rings is 1. The summed E-state index contributed by atoms with van der Waals surface area (Å²) < 4.78 is 45.7. The molecule has 2 amide bonds. The van der Waals surface area contributed by atoms with E-state index in [0.29, 0.717) is 43.7 Å². The van der Waals surface area contributed by atoms with E-state index in [1.165, 1.54) is 0 Å². The summed E-state index contributed by atoms with van der Waals surface area (Å²) in [6.07, 6.45) is 9.00. The standard InChI is InChI=1S/C41H55N3O9S/c1-7-26-18-25(2)10-8-9-11-28-22-41(28,39(48)43-54(49,50)31-13-14-31)23-35(45)34-20-30(24-44(34)38(47)33(26)21-36(46)53-40(3,4)5)52-37-32-15-12-29(51-6)19-27(32)16-17-42-37/h9,11-12,15-17,19,25-26,28,30-31,33-34H,7-8,10,13-14,18,20-24H2,1-6H3,(H,43,48)/b11-9-/t25-,26-,28-,30-,33+,34+,41-/m1/s1. The van der Waals surface area contributed by atoms with Crippen molar-refractivity contribution in [2.75, 3.05) is 13.7 Å². The number of nitrogens with zero attached hydrogens (tertiary/aromatic N) is 2. The Balaban J connectivity index is 1.36. The number of ketones is 1. The van der Waals surface area contributed by atoms with Crippen molar-refractivity contribution < 1.29 is 41.8 Å². The molecular formula is C41H55N3O9S. The summed E-state index contributed by atoms with van der Waals surface area (Å²) in [4.78, 5) is 62.9. The zero-order chi connectivity index (χ0) is 39.0. The van der Waals surface area contributed by atoms with Gasteiger partial charge in [-0.05, 0) is 107 Å². The van der Waals surface area contributed by atoms with Crippen LogP contribution < -0.4 is 14.2 Å². The number of aromatic nitrogens is 1. The van der Waals surface area contributed by atoms with Crippen LogP contribution in [0.2, 0.25) is 0 Å². The van der Waals surface area contributed by atoms with Gasteiger partial charge in [-0.3, -0.25) is 23.9 Å². The monoisotopic (exact) mass is 765 g/mol. The van der Waals surface area contributed by atoms with E-state index < -0.39 is 56.2 Å². The zero-order valence-corrected chi connectivity index (χ0v) is 33.2. The summed E-state index contributed by atoms with van der Waals surface area (Å²) in [6, 6.07) is 6.41. The van der Waals surface area contributed by atoms with Crippen LogP contribution in [-0.2, 0) is 33.9 Å². The molecule has 0 unspecified atom stereocenters. The molecule has 2 saturated carbocycles. The van der Waals surface area contributed by atoms with Gasteiger partial charge in [0.2, 0.25) is 27.7 Å². The molecule has 4 aliphatic rings. The number of allylic oxidation sites excluding steroid dienone is 2. The van der Waals surface area contributed by atoms with E-state index in [2.05, 4.69) is 16.6 Å². The Morgan fingerprint density at radius 3 is 2.54 bits per heavy atom. The molecule has 3 fully saturated rings. The van der Waals surface area contributed by atoms with E-state index in [1.807, 2.05) is 43.3 Å². The minimum absolute atomic E-state index is 0.0683. The lowest BCUT2D eigenvalue weighted by atomic mass is 9.79. The predicted octanol–water partition coefficient (Wildman–Crippen LogP) is 5.92. The summed E-state index contributed by atoms with van der Waals surface area (Å²) in [6.45, 7) is 9.60. The second-order valence-corrected chi connectivity index (χ2v) is 18.8. The molecule has 0 spiro atoms. The highest BCUT2D eigenvalue weighted by atomic mass is 32.2. The summed E-state index contributed by atoms with van der Waals surface area (Å²) in [5.74, 6) is -1.78. The van der Waals surface area contributed by atoms with E-state index in [9.17, 15) is 27.6 Å². The first-order chi connectivity index (χ1) is 25.5. The van der Waals surface area contributed by atoms with Crippen molar-refractivity contribution in [3.8, 4) is 11.6 Å². The van der Waals surface area contributed by atoms with Gasteiger partial charge in [-0.15, -0.1) is 0 Å². The quantitative estimate of drug-likeness (QED) is 0.240. The fourth-order valence-electron chi connectivity index (χ4n) is 8.31. The highest BCUT2D eigenvalue weighted by molar-refractivity contribution is 7.90. The number of rotatable bonds is 9. The number of carbonyl (C=O) groups excluding carboxylic acids is 4. The lowest BCUT2D eigenvalue weighted by molar-refractivity contribution is -0.160. The van der Waals surface area contributed by atoms with Crippen molar-refractivity contribution in [2.24, 2.45) is 29.1 Å². The largest absolute Gasteiger partial charge is 0.497 e. The number of fused-ring (bicyclic) bond motifs is 3. The lowest BCUT2D eigenvalue weighted by Crippen LogP contribution is -2.48. The third-order valence-electron chi connectivity index (χ3n) is 11.5. The van der Waals surface area contributed by atoms with Gasteiger partial charge >= 0.3 is 5.97 Å². The van der Waals surface area contributed by atoms with Gasteiger partial charge in [0, 0.05) is 24.4 Å². The molecule has 6 rings (SSSR count). The van der Waals surface area contributed by atoms with Crippen LogP contribution in [0.5, 0.6) is 11.6 Å². The van der Waals surface area contributed by atoms with E-state index >= 15 is 0 Å². The first-order valence-electron chi connectivity index (χ1n) is 19.4. The van der Waals surface area contributed by atoms with Crippen molar-refractivity contribution in [2.45, 2.75) is 122 Å². The fourth-order valence-corrected chi connectivity index (χ4v) is 9.70. The molecule has 0 bridgehead atoms. The van der Waals surface area contributed by atoms with Crippen molar-refractivity contribution in [1.29, 1.82) is 0 Å². The van der Waals surface area contributed by atoms with E-state index in [1.54, 1.807) is 39.0 Å². The van der Waals surface area contributed by atoms with E-state index in [0.717, 1.165) is 23.6 Å². The number of amides is 2. The van der Waals surface area contributed by atoms with Crippen LogP contribution in [0.25, 0.3) is 10.8 Å². The van der Waals surface area contributed by atoms with Crippen LogP contribution >= 0.6 is 0 Å². The number of ether oxygens (including phenoxy) is 3. The molecule has 54 heavy (non-hydrogen) atoms. The molecule has 2 aromatic rings. The average Bonchev–Trinajstić information content (AvgIpc) is 4.03. The first-order valence-corrected chi connectivity index (χ1v) is 20.9. The van der Waals surface area contributed by atoms with Crippen molar-refractivity contribution in [3.63, 3.8) is 0 Å². The molecule has 2 aliphatic heterocycles. The van der Waals surface area contributed by atoms with Crippen LogP contribution in [-0.4, -0.2) is 78.5 Å². The number of esters is 1. The van der Waals surface area contributed by atoms with Crippen LogP contribution in [0.1, 0.15) is 98.8 Å². The number of hydrogen-bond donors (Lipinski definition) is 1. The minimum Gasteiger partial charge on any atom is -0.497 e. The molecule has 0 radical (unpaired) electrons. The molecular weight excluding hydrogens is 711 g/mol. The van der Waals surface area contributed by atoms with Crippen LogP contribution in [0.4, 0.5) is 0 Å². The zero-order valence-electron chi connectivity index (χ0n) is 32.3. The second-order valence-electron chi connectivity index (χ2n) is 16.9. The number of hydrogen-bond acceptors (Lipinski definition) is 10. The van der Waals surface area contributed by atoms with Gasteiger partial charge in [0.25, 0.3) is 0 Å². The minimum atomic E-state index is -3.85. The Bertz CT molecular complexity index is 1900. The fraction of sp³-hybridized carbons (Fsp3) is 0.634. The molecule has 1 saturated heterocycles. The van der Waals surface area contributed by atoms with Gasteiger partial charge in [0.05, 0.1) is 42.7 Å². The van der Waals surface area contributed by atoms with Gasteiger partial charge in [-0.25, -0.2) is 13.4 Å². The number of methoxy groups -OCH3 is 1. The maximum atomic E-state index is 15.0. The Kier molecular flexibility index (Phi) is 11.5. The second kappa shape index (κ2) is 15.6. The lowest BCUT2D eigenvalue weighted by Gasteiger charge is -2.33. The molecule has 7 atom stereocenters. The smallest absolute Gasteiger partial charge is 0.307 e. The Labute approximate surface area is 318 Å². The summed E-state index contributed by atoms with van der Waals surface area (Å²) in [7, 11) is -2.26. The Morgan fingerprint density at radius 1 is 1.09 bits per heavy atom. The average molecular weight is 766 g/mol. The van der Waals surface area contributed by atoms with E-state index in [4.69, 9.17) is 14.2 Å². The molecule has 3 heterocycles. The van der Waals surface area contributed by atoms with Gasteiger partial charge in [-0.2, -0.15) is 0 Å². The van der Waals surface area contributed by atoms with Gasteiger partial charge in [-0.1, -0.05) is 32.4 Å². The number of sulfonamides is 1. The topological polar surface area (TPSA) is 158 Å². The van der Waals surface area contributed by atoms with Crippen molar-refractivity contribution in [1.82, 2.24) is 14.6 Å². The molecule has 2 aliphatic carbocycles. The summed E-state index contributed by atoms with van der Waals surface area (Å²) in [5, 5.41) is 0.991. The molecule has 1 aromatic heterocycles. The highest BCUT2D eigenvalue weighted by Gasteiger charge is 2.61. The molecule has 294 valence electrons. The Hall–Kier alpha value is -4.00. The molecule has 12 nitrogen and oxygen atoms in total. The van der Waals surface area contributed by atoms with Crippen LogP contribution in [0.15, 0.2) is 42.6 Å². The number of nitrogens with one attached hydrogen (secondary N) is 1. The number of carbonyl (C=O) groups is 4. The number of benzene rings is 1. The van der Waals surface area contributed by atoms with Crippen molar-refractivity contribution in [3.05, 3.63) is 42.6 Å². The van der Waals surface area contributed by atoms with E-state index in [-0.39, 0.29) is 55.3 Å². The SMILES string of the molecule is CC[C@@H]1C[C@H](C)CC/C=C\[C@@H]2C[C@@]2(C(=O)NS(=O)(=O)C2CC2)CC(=O)[C@@H]2C[C@@H](Oc3nccc4cc(OC)ccc34)CN2C(=O)[C@H]1CC(=O)OC(C)(C)C. The normalized spacial score (nSPS) is 30.0. The summed E-state index contributed by atoms with van der Waals surface area (Å²) >= 11 is 0.